The Morgan fingerprint density at radius 2 is 2.07 bits per heavy atom. The van der Waals surface area contributed by atoms with E-state index in [0.717, 1.165) is 19.0 Å². The predicted molar refractivity (Wildman–Crippen MR) is 65.3 cm³/mol. The molecule has 2 heteroatoms. The Balaban J connectivity index is 2.35. The number of hydrogen-bond donors (Lipinski definition) is 1. The van der Waals surface area contributed by atoms with Crippen LogP contribution >= 0.6 is 15.9 Å². The second-order valence-corrected chi connectivity index (χ2v) is 4.59. The van der Waals surface area contributed by atoms with E-state index in [2.05, 4.69) is 53.3 Å². The first kappa shape index (κ1) is 11.7. The van der Waals surface area contributed by atoms with Crippen molar-refractivity contribution in [1.29, 1.82) is 0 Å². The van der Waals surface area contributed by atoms with E-state index in [0.29, 0.717) is 0 Å². The second-order valence-electron chi connectivity index (χ2n) is 3.74. The summed E-state index contributed by atoms with van der Waals surface area (Å²) in [5, 5.41) is 3.46. The van der Waals surface area contributed by atoms with E-state index in [9.17, 15) is 0 Å². The molecule has 0 radical (unpaired) electrons. The van der Waals surface area contributed by atoms with Crippen LogP contribution in [0.2, 0.25) is 0 Å². The maximum atomic E-state index is 3.54. The Morgan fingerprint density at radius 3 is 2.71 bits per heavy atom. The quantitative estimate of drug-likeness (QED) is 0.849. The zero-order valence-corrected chi connectivity index (χ0v) is 10.5. The van der Waals surface area contributed by atoms with Crippen LogP contribution in [0.4, 0.5) is 0 Å². The summed E-state index contributed by atoms with van der Waals surface area (Å²) in [4.78, 5) is 0. The molecule has 14 heavy (non-hydrogen) atoms. The van der Waals surface area contributed by atoms with E-state index in [-0.39, 0.29) is 0 Å². The van der Waals surface area contributed by atoms with Crippen LogP contribution in [-0.4, -0.2) is 6.54 Å². The molecular formula is C12H18BrN. The minimum atomic E-state index is 0.762. The summed E-state index contributed by atoms with van der Waals surface area (Å²) in [6, 6.07) is 8.35. The van der Waals surface area contributed by atoms with Crippen molar-refractivity contribution in [2.45, 2.75) is 26.8 Å². The molecule has 1 nitrogen and oxygen atoms in total. The average Bonchev–Trinajstić information content (AvgIpc) is 2.20. The lowest BCUT2D eigenvalue weighted by Crippen LogP contribution is -2.20. The van der Waals surface area contributed by atoms with E-state index in [1.807, 2.05) is 6.07 Å². The zero-order chi connectivity index (χ0) is 10.4. The van der Waals surface area contributed by atoms with E-state index in [1.165, 1.54) is 16.5 Å². The van der Waals surface area contributed by atoms with Crippen molar-refractivity contribution in [3.63, 3.8) is 0 Å². The Labute approximate surface area is 95.0 Å². The largest absolute Gasteiger partial charge is 0.312 e. The Morgan fingerprint density at radius 1 is 1.36 bits per heavy atom. The molecule has 0 amide bonds. The van der Waals surface area contributed by atoms with Gasteiger partial charge in [0.15, 0.2) is 0 Å². The summed E-state index contributed by atoms with van der Waals surface area (Å²) in [5.41, 5.74) is 1.33. The first-order chi connectivity index (χ1) is 6.74. The summed E-state index contributed by atoms with van der Waals surface area (Å²) in [5.74, 6) is 0.762. The lowest BCUT2D eigenvalue weighted by Gasteiger charge is -2.10. The van der Waals surface area contributed by atoms with Crippen molar-refractivity contribution in [3.8, 4) is 0 Å². The van der Waals surface area contributed by atoms with Crippen molar-refractivity contribution < 1.29 is 0 Å². The Kier molecular flexibility index (Phi) is 5.20. The molecule has 1 rings (SSSR count). The van der Waals surface area contributed by atoms with Gasteiger partial charge in [0.1, 0.15) is 0 Å². The Hall–Kier alpha value is -0.340. The maximum Gasteiger partial charge on any atom is 0.0220 e. The first-order valence-electron chi connectivity index (χ1n) is 5.18. The van der Waals surface area contributed by atoms with Gasteiger partial charge in [-0.2, -0.15) is 0 Å². The third kappa shape index (κ3) is 3.81. The molecule has 0 aliphatic rings. The molecule has 0 bridgehead atoms. The molecule has 0 aromatic heterocycles. The molecule has 0 saturated carbocycles. The summed E-state index contributed by atoms with van der Waals surface area (Å²) in [6.45, 7) is 6.54. The normalized spacial score (nSPS) is 12.8. The van der Waals surface area contributed by atoms with Gasteiger partial charge in [0.2, 0.25) is 0 Å². The van der Waals surface area contributed by atoms with Crippen LogP contribution in [0.25, 0.3) is 0 Å². The average molecular weight is 256 g/mol. The molecule has 78 valence electrons. The molecule has 0 fully saturated rings. The minimum Gasteiger partial charge on any atom is -0.312 e. The molecule has 1 atom stereocenters. The van der Waals surface area contributed by atoms with Crippen molar-refractivity contribution in [2.75, 3.05) is 6.54 Å². The molecular weight excluding hydrogens is 238 g/mol. The van der Waals surface area contributed by atoms with Crippen LogP contribution in [0.3, 0.4) is 0 Å². The van der Waals surface area contributed by atoms with Crippen molar-refractivity contribution in [2.24, 2.45) is 5.92 Å². The monoisotopic (exact) mass is 255 g/mol. The summed E-state index contributed by atoms with van der Waals surface area (Å²) in [6.07, 6.45) is 1.24. The van der Waals surface area contributed by atoms with Gasteiger partial charge in [0.25, 0.3) is 0 Å². The molecule has 0 saturated heterocycles. The summed E-state index contributed by atoms with van der Waals surface area (Å²) >= 11 is 3.54. The lowest BCUT2D eigenvalue weighted by molar-refractivity contribution is 0.499. The topological polar surface area (TPSA) is 12.0 Å². The summed E-state index contributed by atoms with van der Waals surface area (Å²) < 4.78 is 1.19. The number of hydrogen-bond acceptors (Lipinski definition) is 1. The number of benzene rings is 1. The highest BCUT2D eigenvalue weighted by Gasteiger charge is 2.00. The fourth-order valence-corrected chi connectivity index (χ4v) is 1.66. The smallest absolute Gasteiger partial charge is 0.0220 e. The molecule has 1 unspecified atom stereocenters. The van der Waals surface area contributed by atoms with Crippen LogP contribution in [0.5, 0.6) is 0 Å². The zero-order valence-electron chi connectivity index (χ0n) is 8.89. The highest BCUT2D eigenvalue weighted by Crippen LogP contribution is 2.15. The molecule has 1 aromatic carbocycles. The highest BCUT2D eigenvalue weighted by molar-refractivity contribution is 9.10. The van der Waals surface area contributed by atoms with E-state index >= 15 is 0 Å². The van der Waals surface area contributed by atoms with Crippen molar-refractivity contribution in [3.05, 3.63) is 34.3 Å². The van der Waals surface area contributed by atoms with Crippen LogP contribution in [0.1, 0.15) is 25.8 Å². The highest BCUT2D eigenvalue weighted by atomic mass is 79.9. The van der Waals surface area contributed by atoms with Crippen molar-refractivity contribution >= 4 is 15.9 Å². The molecule has 0 heterocycles. The van der Waals surface area contributed by atoms with Gasteiger partial charge < -0.3 is 5.32 Å². The molecule has 1 N–H and O–H groups in total. The van der Waals surface area contributed by atoms with Crippen LogP contribution in [0, 0.1) is 5.92 Å². The fourth-order valence-electron chi connectivity index (χ4n) is 1.24. The van der Waals surface area contributed by atoms with Gasteiger partial charge in [-0.05, 0) is 24.1 Å². The standard InChI is InChI=1S/C12H18BrN/c1-3-10(2)8-14-9-11-6-4-5-7-12(11)13/h4-7,10,14H,3,8-9H2,1-2H3. The SMILES string of the molecule is CCC(C)CNCc1ccccc1Br. The van der Waals surface area contributed by atoms with Gasteiger partial charge in [-0.1, -0.05) is 54.4 Å². The van der Waals surface area contributed by atoms with Gasteiger partial charge in [0, 0.05) is 11.0 Å². The van der Waals surface area contributed by atoms with Crippen LogP contribution < -0.4 is 5.32 Å². The van der Waals surface area contributed by atoms with E-state index in [1.54, 1.807) is 0 Å². The number of halogens is 1. The van der Waals surface area contributed by atoms with E-state index in [4.69, 9.17) is 0 Å². The van der Waals surface area contributed by atoms with Crippen LogP contribution in [0.15, 0.2) is 28.7 Å². The lowest BCUT2D eigenvalue weighted by atomic mass is 10.1. The van der Waals surface area contributed by atoms with Gasteiger partial charge >= 0.3 is 0 Å². The third-order valence-corrected chi connectivity index (χ3v) is 3.24. The van der Waals surface area contributed by atoms with Crippen molar-refractivity contribution in [1.82, 2.24) is 5.32 Å². The van der Waals surface area contributed by atoms with Gasteiger partial charge in [-0.25, -0.2) is 0 Å². The molecule has 0 aliphatic carbocycles. The molecule has 0 aliphatic heterocycles. The molecule has 0 spiro atoms. The second kappa shape index (κ2) is 6.20. The van der Waals surface area contributed by atoms with Gasteiger partial charge in [0.05, 0.1) is 0 Å². The number of rotatable bonds is 5. The third-order valence-electron chi connectivity index (χ3n) is 2.46. The van der Waals surface area contributed by atoms with E-state index < -0.39 is 0 Å². The minimum absolute atomic E-state index is 0.762. The first-order valence-corrected chi connectivity index (χ1v) is 5.97. The summed E-state index contributed by atoms with van der Waals surface area (Å²) in [7, 11) is 0. The van der Waals surface area contributed by atoms with Gasteiger partial charge in [-0.3, -0.25) is 0 Å². The number of nitrogens with one attached hydrogen (secondary N) is 1. The molecule has 1 aromatic rings. The Bertz CT molecular complexity index is 273. The maximum absolute atomic E-state index is 3.54. The van der Waals surface area contributed by atoms with Gasteiger partial charge in [-0.15, -0.1) is 0 Å². The van der Waals surface area contributed by atoms with Crippen LogP contribution in [-0.2, 0) is 6.54 Å². The fraction of sp³-hybridized carbons (Fsp3) is 0.500. The predicted octanol–water partition coefficient (Wildman–Crippen LogP) is 3.58.